The highest BCUT2D eigenvalue weighted by Gasteiger charge is 2.47. The third-order valence-electron chi connectivity index (χ3n) is 9.25. The molecule has 2 atom stereocenters. The van der Waals surface area contributed by atoms with Crippen molar-refractivity contribution in [1.29, 1.82) is 5.26 Å². The first-order valence-electron chi connectivity index (χ1n) is 15.2. The molecule has 9 nitrogen and oxygen atoms in total. The van der Waals surface area contributed by atoms with E-state index in [1.807, 2.05) is 59.4 Å². The number of nitrogens with one attached hydrogen (secondary N) is 1. The normalized spacial score (nSPS) is 22.9. The molecule has 3 fully saturated rings. The van der Waals surface area contributed by atoms with Gasteiger partial charge in [-0.3, -0.25) is 4.79 Å². The van der Waals surface area contributed by atoms with Crippen LogP contribution in [-0.4, -0.2) is 59.3 Å². The van der Waals surface area contributed by atoms with Crippen LogP contribution >= 0.6 is 0 Å². The molecule has 0 unspecified atom stereocenters. The fraction of sp³-hybridized carbons (Fsp3) is 0.485. The molecular formula is C33H39N5O4S. The second kappa shape index (κ2) is 11.1. The summed E-state index contributed by atoms with van der Waals surface area (Å²) in [4.78, 5) is 15.7. The molecule has 1 saturated heterocycles. The Morgan fingerprint density at radius 1 is 1.02 bits per heavy atom. The van der Waals surface area contributed by atoms with Crippen LogP contribution in [0.4, 0.5) is 5.69 Å². The zero-order valence-corrected chi connectivity index (χ0v) is 25.6. The molecule has 226 valence electrons. The van der Waals surface area contributed by atoms with Gasteiger partial charge in [0.25, 0.3) is 0 Å². The van der Waals surface area contributed by atoms with Gasteiger partial charge in [-0.05, 0) is 74.9 Å². The number of carbonyl (C=O) groups excluding carboxylic acids is 1. The van der Waals surface area contributed by atoms with Crippen LogP contribution < -0.4 is 10.2 Å². The second-order valence-corrected chi connectivity index (χ2v) is 15.1. The van der Waals surface area contributed by atoms with Crippen molar-refractivity contribution in [1.82, 2.24) is 15.1 Å². The van der Waals surface area contributed by atoms with Gasteiger partial charge in [0.05, 0.1) is 34.6 Å². The number of nitrogens with zero attached hydrogens (tertiary/aromatic N) is 4. The Hall–Kier alpha value is -3.68. The molecule has 1 amide bonds. The van der Waals surface area contributed by atoms with E-state index in [-0.39, 0.29) is 29.2 Å². The van der Waals surface area contributed by atoms with Crippen molar-refractivity contribution in [2.75, 3.05) is 29.5 Å². The number of hydrogen-bond donors (Lipinski definition) is 2. The zero-order valence-electron chi connectivity index (χ0n) is 24.8. The van der Waals surface area contributed by atoms with Gasteiger partial charge in [-0.2, -0.15) is 10.4 Å². The largest absolute Gasteiger partial charge is 0.386 e. The van der Waals surface area contributed by atoms with E-state index < -0.39 is 21.0 Å². The SMILES string of the molecule is CC(C)(O)c1ccc(-n2cc(-c3ccc(N4CCS(=O)(=O)CC4)cc3)c([C@@H]3CCCC[C@H]3C(=O)NC3(C#N)CC3)n2)cc1. The van der Waals surface area contributed by atoms with Crippen molar-refractivity contribution >= 4 is 21.4 Å². The lowest BCUT2D eigenvalue weighted by atomic mass is 9.75. The minimum atomic E-state index is -2.97. The van der Waals surface area contributed by atoms with Crippen LogP contribution in [0.5, 0.6) is 0 Å². The average Bonchev–Trinajstić information content (AvgIpc) is 3.63. The summed E-state index contributed by atoms with van der Waals surface area (Å²) in [6, 6.07) is 18.1. The van der Waals surface area contributed by atoms with Crippen LogP contribution in [0, 0.1) is 17.2 Å². The first kappa shape index (κ1) is 29.4. The number of hydrogen-bond acceptors (Lipinski definition) is 7. The molecule has 0 radical (unpaired) electrons. The van der Waals surface area contributed by atoms with Crippen molar-refractivity contribution < 1.29 is 18.3 Å². The van der Waals surface area contributed by atoms with Gasteiger partial charge in [0.2, 0.25) is 5.91 Å². The van der Waals surface area contributed by atoms with Crippen molar-refractivity contribution in [2.45, 2.75) is 69.4 Å². The van der Waals surface area contributed by atoms with E-state index in [1.54, 1.807) is 13.8 Å². The Balaban J connectivity index is 1.35. The van der Waals surface area contributed by atoms with E-state index in [4.69, 9.17) is 5.10 Å². The van der Waals surface area contributed by atoms with E-state index in [9.17, 15) is 23.6 Å². The molecule has 0 spiro atoms. The first-order chi connectivity index (χ1) is 20.5. The molecule has 1 aliphatic heterocycles. The molecule has 10 heteroatoms. The van der Waals surface area contributed by atoms with Crippen LogP contribution in [0.15, 0.2) is 54.7 Å². The molecule has 43 heavy (non-hydrogen) atoms. The summed E-state index contributed by atoms with van der Waals surface area (Å²) >= 11 is 0. The molecule has 3 aromatic rings. The summed E-state index contributed by atoms with van der Waals surface area (Å²) in [6.45, 7) is 4.47. The molecule has 2 aliphatic carbocycles. The molecule has 2 N–H and O–H groups in total. The number of nitriles is 1. The Bertz CT molecular complexity index is 1630. The third-order valence-corrected chi connectivity index (χ3v) is 10.9. The Labute approximate surface area is 253 Å². The van der Waals surface area contributed by atoms with Gasteiger partial charge in [-0.15, -0.1) is 0 Å². The summed E-state index contributed by atoms with van der Waals surface area (Å²) in [6.07, 6.45) is 6.95. The van der Waals surface area contributed by atoms with E-state index >= 15 is 0 Å². The van der Waals surface area contributed by atoms with Gasteiger partial charge in [0, 0.05) is 42.4 Å². The van der Waals surface area contributed by atoms with Crippen LogP contribution in [0.1, 0.15) is 69.5 Å². The van der Waals surface area contributed by atoms with Crippen LogP contribution in [0.2, 0.25) is 0 Å². The minimum absolute atomic E-state index is 0.0609. The monoisotopic (exact) mass is 601 g/mol. The lowest BCUT2D eigenvalue weighted by molar-refractivity contribution is -0.127. The molecule has 2 aromatic carbocycles. The zero-order chi connectivity index (χ0) is 30.4. The number of sulfone groups is 1. The van der Waals surface area contributed by atoms with Gasteiger partial charge < -0.3 is 15.3 Å². The van der Waals surface area contributed by atoms with Gasteiger partial charge in [0.15, 0.2) is 9.84 Å². The maximum absolute atomic E-state index is 13.5. The van der Waals surface area contributed by atoms with Crippen LogP contribution in [-0.2, 0) is 20.2 Å². The molecular weight excluding hydrogens is 562 g/mol. The van der Waals surface area contributed by atoms with Crippen molar-refractivity contribution in [3.63, 3.8) is 0 Å². The molecule has 2 heterocycles. The topological polar surface area (TPSA) is 128 Å². The van der Waals surface area contributed by atoms with Crippen LogP contribution in [0.25, 0.3) is 16.8 Å². The van der Waals surface area contributed by atoms with E-state index in [0.29, 0.717) is 25.9 Å². The van der Waals surface area contributed by atoms with Crippen molar-refractivity contribution in [3.05, 3.63) is 66.0 Å². The predicted octanol–water partition coefficient (Wildman–Crippen LogP) is 4.45. The number of aromatic nitrogens is 2. The molecule has 0 bridgehead atoms. The molecule has 2 saturated carbocycles. The first-order valence-corrected chi connectivity index (χ1v) is 17.0. The number of aliphatic hydroxyl groups is 1. The smallest absolute Gasteiger partial charge is 0.225 e. The number of benzene rings is 2. The van der Waals surface area contributed by atoms with Gasteiger partial charge in [0.1, 0.15) is 5.54 Å². The quantitative estimate of drug-likeness (QED) is 0.410. The summed E-state index contributed by atoms with van der Waals surface area (Å²) in [5.41, 5.74) is 3.76. The van der Waals surface area contributed by atoms with Gasteiger partial charge in [-0.1, -0.05) is 37.1 Å². The van der Waals surface area contributed by atoms with Gasteiger partial charge >= 0.3 is 0 Å². The fourth-order valence-electron chi connectivity index (χ4n) is 6.35. The predicted molar refractivity (Wildman–Crippen MR) is 166 cm³/mol. The lowest BCUT2D eigenvalue weighted by Crippen LogP contribution is -2.42. The number of carbonyl (C=O) groups is 1. The average molecular weight is 602 g/mol. The molecule has 6 rings (SSSR count). The summed E-state index contributed by atoms with van der Waals surface area (Å²) in [5.74, 6) is -0.100. The highest BCUT2D eigenvalue weighted by molar-refractivity contribution is 7.91. The highest BCUT2D eigenvalue weighted by atomic mass is 32.2. The van der Waals surface area contributed by atoms with Crippen molar-refractivity contribution in [3.8, 4) is 22.9 Å². The second-order valence-electron chi connectivity index (χ2n) is 12.8. The summed E-state index contributed by atoms with van der Waals surface area (Å²) in [7, 11) is -2.97. The van der Waals surface area contributed by atoms with Gasteiger partial charge in [-0.25, -0.2) is 13.1 Å². The number of amides is 1. The maximum Gasteiger partial charge on any atom is 0.225 e. The summed E-state index contributed by atoms with van der Waals surface area (Å²) < 4.78 is 25.7. The minimum Gasteiger partial charge on any atom is -0.386 e. The Morgan fingerprint density at radius 3 is 2.26 bits per heavy atom. The summed E-state index contributed by atoms with van der Waals surface area (Å²) in [5, 5.41) is 28.2. The van der Waals surface area contributed by atoms with Crippen LogP contribution in [0.3, 0.4) is 0 Å². The number of anilines is 1. The van der Waals surface area contributed by atoms with Crippen molar-refractivity contribution in [2.24, 2.45) is 5.92 Å². The fourth-order valence-corrected chi connectivity index (χ4v) is 7.55. The Morgan fingerprint density at radius 2 is 1.65 bits per heavy atom. The maximum atomic E-state index is 13.5. The Kier molecular flexibility index (Phi) is 7.59. The number of rotatable bonds is 7. The van der Waals surface area contributed by atoms with E-state index in [0.717, 1.165) is 59.4 Å². The third kappa shape index (κ3) is 6.20. The standard InChI is InChI=1S/C33H39N5O4S/c1-32(2,40)24-9-13-26(14-10-24)38-21-29(23-7-11-25(12-8-23)37-17-19-43(41,42)20-18-37)30(36-38)27-5-3-4-6-28(27)31(39)35-33(22-34)15-16-33/h7-14,21,27-28,40H,3-6,15-20H2,1-2H3,(H,35,39)/t27-,28-/m1/s1. The highest BCUT2D eigenvalue weighted by Crippen LogP contribution is 2.43. The molecule has 3 aliphatic rings. The van der Waals surface area contributed by atoms with E-state index in [2.05, 4.69) is 16.3 Å². The lowest BCUT2D eigenvalue weighted by Gasteiger charge is -2.31. The molecule has 1 aromatic heterocycles. The van der Waals surface area contributed by atoms with E-state index in [1.165, 1.54) is 0 Å².